The Morgan fingerprint density at radius 1 is 1.67 bits per heavy atom. The molecule has 1 saturated heterocycles. The largest absolute Gasteiger partial charge is 0.388 e. The van der Waals surface area contributed by atoms with E-state index in [0.717, 1.165) is 0 Å². The molecule has 1 fully saturated rings. The fourth-order valence-electron chi connectivity index (χ4n) is 1.15. The fraction of sp³-hybridized carbons (Fsp3) is 0.625. The number of carbonyl (C=O) groups is 1. The summed E-state index contributed by atoms with van der Waals surface area (Å²) < 4.78 is 0. The third-order valence-corrected chi connectivity index (χ3v) is 1.72. The Morgan fingerprint density at radius 3 is 2.83 bits per heavy atom. The number of hydrogen-bond donors (Lipinski definition) is 2. The second-order valence-corrected chi connectivity index (χ2v) is 3.11. The third kappa shape index (κ3) is 1.98. The van der Waals surface area contributed by atoms with Gasteiger partial charge in [-0.25, -0.2) is 0 Å². The molecule has 1 rings (SSSR count). The molecule has 68 valence electrons. The highest BCUT2D eigenvalue weighted by Gasteiger charge is 2.23. The van der Waals surface area contributed by atoms with Gasteiger partial charge in [-0.1, -0.05) is 0 Å². The smallest absolute Gasteiger partial charge is 0.251 e. The van der Waals surface area contributed by atoms with Crippen molar-refractivity contribution in [2.75, 3.05) is 20.6 Å². The van der Waals surface area contributed by atoms with Gasteiger partial charge < -0.3 is 15.3 Å². The molecular weight excluding hydrogens is 156 g/mol. The summed E-state index contributed by atoms with van der Waals surface area (Å²) in [5.41, 5.74) is 0.450. The molecule has 4 nitrogen and oxygen atoms in total. The summed E-state index contributed by atoms with van der Waals surface area (Å²) in [6.45, 7) is 0.560. The van der Waals surface area contributed by atoms with Crippen LogP contribution in [0.2, 0.25) is 0 Å². The first-order valence-electron chi connectivity index (χ1n) is 3.95. The van der Waals surface area contributed by atoms with Gasteiger partial charge in [-0.05, 0) is 6.42 Å². The number of aliphatic hydroxyl groups is 1. The summed E-state index contributed by atoms with van der Waals surface area (Å²) >= 11 is 0. The second kappa shape index (κ2) is 3.58. The number of rotatable bonds is 1. The van der Waals surface area contributed by atoms with Gasteiger partial charge in [0, 0.05) is 26.8 Å². The van der Waals surface area contributed by atoms with Gasteiger partial charge >= 0.3 is 0 Å². The van der Waals surface area contributed by atoms with E-state index < -0.39 is 6.10 Å². The van der Waals surface area contributed by atoms with Crippen LogP contribution < -0.4 is 5.32 Å². The van der Waals surface area contributed by atoms with Gasteiger partial charge in [0.05, 0.1) is 11.7 Å². The summed E-state index contributed by atoms with van der Waals surface area (Å²) in [5, 5.41) is 12.1. The first kappa shape index (κ1) is 9.06. The first-order chi connectivity index (χ1) is 5.61. The van der Waals surface area contributed by atoms with Crippen LogP contribution >= 0.6 is 0 Å². The zero-order chi connectivity index (χ0) is 9.14. The van der Waals surface area contributed by atoms with E-state index >= 15 is 0 Å². The maximum absolute atomic E-state index is 11.2. The number of piperidine rings is 1. The predicted molar refractivity (Wildman–Crippen MR) is 45.4 cm³/mol. The molecule has 4 heteroatoms. The highest BCUT2D eigenvalue weighted by Crippen LogP contribution is 2.11. The van der Waals surface area contributed by atoms with Crippen molar-refractivity contribution in [2.24, 2.45) is 0 Å². The first-order valence-corrected chi connectivity index (χ1v) is 3.95. The van der Waals surface area contributed by atoms with Crippen LogP contribution in [0.3, 0.4) is 0 Å². The van der Waals surface area contributed by atoms with Gasteiger partial charge in [0.25, 0.3) is 5.91 Å². The van der Waals surface area contributed by atoms with E-state index in [4.69, 9.17) is 0 Å². The van der Waals surface area contributed by atoms with Crippen molar-refractivity contribution in [2.45, 2.75) is 12.5 Å². The van der Waals surface area contributed by atoms with Crippen molar-refractivity contribution in [3.63, 3.8) is 0 Å². The van der Waals surface area contributed by atoms with E-state index in [1.54, 1.807) is 11.1 Å². The van der Waals surface area contributed by atoms with Gasteiger partial charge in [0.15, 0.2) is 0 Å². The van der Waals surface area contributed by atoms with Crippen LogP contribution in [-0.4, -0.2) is 42.7 Å². The summed E-state index contributed by atoms with van der Waals surface area (Å²) in [6, 6.07) is 0. The lowest BCUT2D eigenvalue weighted by Gasteiger charge is -2.22. The monoisotopic (exact) mass is 170 g/mol. The maximum Gasteiger partial charge on any atom is 0.251 e. The van der Waals surface area contributed by atoms with Gasteiger partial charge in [0.2, 0.25) is 0 Å². The molecule has 1 aliphatic heterocycles. The standard InChI is InChI=1S/C8H14N2O2/c1-10(2)5-6-7(11)3-4-9-8(6)12/h5,7,11H,3-4H2,1-2H3,(H,9,12). The van der Waals surface area contributed by atoms with Crippen LogP contribution in [0.4, 0.5) is 0 Å². The molecule has 1 aliphatic rings. The number of aliphatic hydroxyl groups excluding tert-OH is 1. The van der Waals surface area contributed by atoms with Gasteiger partial charge in [-0.15, -0.1) is 0 Å². The summed E-state index contributed by atoms with van der Waals surface area (Å²) in [5.74, 6) is -0.164. The quantitative estimate of drug-likeness (QED) is 0.512. The van der Waals surface area contributed by atoms with E-state index in [9.17, 15) is 9.90 Å². The number of amides is 1. The van der Waals surface area contributed by atoms with Crippen LogP contribution in [0.1, 0.15) is 6.42 Å². The molecule has 12 heavy (non-hydrogen) atoms. The molecule has 0 aromatic rings. The third-order valence-electron chi connectivity index (χ3n) is 1.72. The molecule has 0 aromatic heterocycles. The summed E-state index contributed by atoms with van der Waals surface area (Å²) in [6.07, 6.45) is 1.64. The van der Waals surface area contributed by atoms with Crippen LogP contribution in [0, 0.1) is 0 Å². The summed E-state index contributed by atoms with van der Waals surface area (Å²) in [4.78, 5) is 12.9. The highest BCUT2D eigenvalue weighted by atomic mass is 16.3. The van der Waals surface area contributed by atoms with Crippen LogP contribution in [0.5, 0.6) is 0 Å². The van der Waals surface area contributed by atoms with Gasteiger partial charge in [-0.2, -0.15) is 0 Å². The van der Waals surface area contributed by atoms with Crippen LogP contribution in [0.15, 0.2) is 11.8 Å². The lowest BCUT2D eigenvalue weighted by atomic mass is 10.0. The molecule has 1 heterocycles. The van der Waals surface area contributed by atoms with E-state index in [1.807, 2.05) is 14.1 Å². The van der Waals surface area contributed by atoms with E-state index in [-0.39, 0.29) is 5.91 Å². The number of nitrogens with one attached hydrogen (secondary N) is 1. The predicted octanol–water partition coefficient (Wildman–Crippen LogP) is -0.687. The molecule has 0 bridgehead atoms. The van der Waals surface area contributed by atoms with E-state index in [0.29, 0.717) is 18.5 Å². The average molecular weight is 170 g/mol. The molecule has 1 amide bonds. The molecule has 2 N–H and O–H groups in total. The SMILES string of the molecule is CN(C)C=C1C(=O)NCCC1O. The zero-order valence-corrected chi connectivity index (χ0v) is 7.37. The molecule has 1 atom stereocenters. The van der Waals surface area contributed by atoms with Gasteiger partial charge in [0.1, 0.15) is 0 Å². The second-order valence-electron chi connectivity index (χ2n) is 3.11. The Bertz CT molecular complexity index is 211. The number of carbonyl (C=O) groups excluding carboxylic acids is 1. The van der Waals surface area contributed by atoms with Crippen LogP contribution in [0.25, 0.3) is 0 Å². The van der Waals surface area contributed by atoms with E-state index in [1.165, 1.54) is 0 Å². The normalized spacial score (nSPS) is 27.1. The minimum atomic E-state index is -0.610. The Balaban J connectivity index is 2.76. The minimum absolute atomic E-state index is 0.164. The molecule has 0 aromatic carbocycles. The Hall–Kier alpha value is -1.03. The molecule has 0 spiro atoms. The van der Waals surface area contributed by atoms with Crippen molar-refractivity contribution in [1.29, 1.82) is 0 Å². The molecule has 1 unspecified atom stereocenters. The Kier molecular flexibility index (Phi) is 2.70. The number of nitrogens with zero attached hydrogens (tertiary/aromatic N) is 1. The van der Waals surface area contributed by atoms with Crippen molar-refractivity contribution in [3.05, 3.63) is 11.8 Å². The Morgan fingerprint density at radius 2 is 2.33 bits per heavy atom. The van der Waals surface area contributed by atoms with E-state index in [2.05, 4.69) is 5.32 Å². The zero-order valence-electron chi connectivity index (χ0n) is 7.37. The molecule has 0 saturated carbocycles. The average Bonchev–Trinajstić information content (AvgIpc) is 1.97. The van der Waals surface area contributed by atoms with Gasteiger partial charge in [-0.3, -0.25) is 4.79 Å². The summed E-state index contributed by atoms with van der Waals surface area (Å²) in [7, 11) is 3.64. The van der Waals surface area contributed by atoms with Crippen molar-refractivity contribution in [3.8, 4) is 0 Å². The maximum atomic E-state index is 11.2. The fourth-order valence-corrected chi connectivity index (χ4v) is 1.15. The van der Waals surface area contributed by atoms with Crippen LogP contribution in [-0.2, 0) is 4.79 Å². The molecule has 0 aliphatic carbocycles. The Labute approximate surface area is 71.9 Å². The number of hydrogen-bond acceptors (Lipinski definition) is 3. The molecule has 0 radical (unpaired) electrons. The lowest BCUT2D eigenvalue weighted by Crippen LogP contribution is -2.39. The highest BCUT2D eigenvalue weighted by molar-refractivity contribution is 5.95. The van der Waals surface area contributed by atoms with Crippen molar-refractivity contribution >= 4 is 5.91 Å². The van der Waals surface area contributed by atoms with Crippen molar-refractivity contribution in [1.82, 2.24) is 10.2 Å². The molecular formula is C8H14N2O2. The minimum Gasteiger partial charge on any atom is -0.388 e. The van der Waals surface area contributed by atoms with Crippen molar-refractivity contribution < 1.29 is 9.90 Å². The topological polar surface area (TPSA) is 52.6 Å². The lowest BCUT2D eigenvalue weighted by molar-refractivity contribution is -0.119.